The summed E-state index contributed by atoms with van der Waals surface area (Å²) < 4.78 is 0. The second-order valence-electron chi connectivity index (χ2n) is 16.7. The highest BCUT2D eigenvalue weighted by atomic mass is 16.2. The lowest BCUT2D eigenvalue weighted by Gasteiger charge is -2.56. The highest BCUT2D eigenvalue weighted by Crippen LogP contribution is 2.65. The second kappa shape index (κ2) is 14.0. The molecule has 7 rings (SSSR count). The third-order valence-corrected chi connectivity index (χ3v) is 13.0. The molecule has 0 unspecified atom stereocenters. The molecule has 48 heavy (non-hydrogen) atoms. The van der Waals surface area contributed by atoms with E-state index in [1.807, 2.05) is 0 Å². The Balaban J connectivity index is 1.18. The Bertz CT molecular complexity index is 1270. The lowest BCUT2D eigenvalue weighted by molar-refractivity contribution is -0.144. The van der Waals surface area contributed by atoms with Gasteiger partial charge < -0.3 is 26.2 Å². The summed E-state index contributed by atoms with van der Waals surface area (Å²) in [6, 6.07) is -2.79. The van der Waals surface area contributed by atoms with Crippen molar-refractivity contribution in [3.63, 3.8) is 0 Å². The number of carbonyl (C=O) groups excluding carboxylic acids is 5. The first-order valence-electron chi connectivity index (χ1n) is 18.7. The van der Waals surface area contributed by atoms with Crippen LogP contribution in [0.3, 0.4) is 0 Å². The van der Waals surface area contributed by atoms with Gasteiger partial charge in [0.25, 0.3) is 5.91 Å². The molecule has 264 valence electrons. The van der Waals surface area contributed by atoms with Crippen LogP contribution in [0.5, 0.6) is 0 Å². The van der Waals surface area contributed by atoms with Gasteiger partial charge in [0.2, 0.25) is 17.6 Å². The molecule has 7 aliphatic rings. The van der Waals surface area contributed by atoms with Crippen molar-refractivity contribution >= 4 is 29.5 Å². The molecule has 0 aromatic carbocycles. The Hall–Kier alpha value is -3.17. The highest BCUT2D eigenvalue weighted by molar-refractivity contribution is 6.38. The summed E-state index contributed by atoms with van der Waals surface area (Å²) in [6.07, 6.45) is 16.3. The van der Waals surface area contributed by atoms with Gasteiger partial charge in [0.15, 0.2) is 0 Å². The maximum absolute atomic E-state index is 14.6. The molecule has 6 saturated carbocycles. The van der Waals surface area contributed by atoms with Crippen molar-refractivity contribution < 1.29 is 24.0 Å². The molecule has 5 atom stereocenters. The molecule has 10 heteroatoms. The number of nitrogens with one attached hydrogen (secondary N) is 4. The number of fused-ring (bicyclic) bond motifs is 1. The molecule has 1 aliphatic heterocycles. The van der Waals surface area contributed by atoms with Crippen LogP contribution in [0.4, 0.5) is 4.79 Å². The van der Waals surface area contributed by atoms with E-state index in [1.54, 1.807) is 17.1 Å². The molecule has 6 aliphatic carbocycles. The topological polar surface area (TPSA) is 137 Å². The van der Waals surface area contributed by atoms with E-state index in [-0.39, 0.29) is 53.6 Å². The molecule has 1 saturated heterocycles. The molecule has 5 amide bonds. The molecule has 1 heterocycles. The third-order valence-electron chi connectivity index (χ3n) is 13.0. The van der Waals surface area contributed by atoms with Crippen molar-refractivity contribution in [1.82, 2.24) is 26.2 Å². The molecular weight excluding hydrogens is 606 g/mol. The van der Waals surface area contributed by atoms with Gasteiger partial charge in [0.05, 0.1) is 6.04 Å². The van der Waals surface area contributed by atoms with Crippen LogP contribution in [0.25, 0.3) is 0 Å². The Kier molecular flexibility index (Phi) is 10.1. The predicted molar refractivity (Wildman–Crippen MR) is 183 cm³/mol. The van der Waals surface area contributed by atoms with E-state index >= 15 is 0 Å². The van der Waals surface area contributed by atoms with Crippen molar-refractivity contribution in [3.8, 4) is 0 Å². The van der Waals surface area contributed by atoms with Crippen LogP contribution in [0.15, 0.2) is 25.3 Å². The van der Waals surface area contributed by atoms with Gasteiger partial charge in [0, 0.05) is 18.6 Å². The number of hydrogen-bond acceptors (Lipinski definition) is 5. The van der Waals surface area contributed by atoms with Gasteiger partial charge in [-0.1, -0.05) is 45.3 Å². The van der Waals surface area contributed by atoms with Gasteiger partial charge in [-0.3, -0.25) is 19.2 Å². The fourth-order valence-electron chi connectivity index (χ4n) is 10.9. The number of nitrogens with zero attached hydrogens (tertiary/aromatic N) is 1. The van der Waals surface area contributed by atoms with Crippen molar-refractivity contribution in [1.29, 1.82) is 0 Å². The molecule has 0 spiro atoms. The Morgan fingerprint density at radius 3 is 2.10 bits per heavy atom. The zero-order chi connectivity index (χ0) is 34.2. The quantitative estimate of drug-likeness (QED) is 0.124. The normalized spacial score (nSPS) is 33.9. The second-order valence-corrected chi connectivity index (χ2v) is 16.7. The maximum Gasteiger partial charge on any atom is 0.315 e. The number of amides is 5. The average molecular weight is 664 g/mol. The summed E-state index contributed by atoms with van der Waals surface area (Å²) >= 11 is 0. The van der Waals surface area contributed by atoms with Crippen LogP contribution in [-0.4, -0.2) is 71.2 Å². The predicted octanol–water partition coefficient (Wildman–Crippen LogP) is 4.40. The molecule has 0 radical (unpaired) electrons. The number of piperidine rings is 1. The van der Waals surface area contributed by atoms with Gasteiger partial charge in [-0.25, -0.2) is 4.79 Å². The van der Waals surface area contributed by atoms with Gasteiger partial charge >= 0.3 is 6.03 Å². The van der Waals surface area contributed by atoms with E-state index in [0.717, 1.165) is 51.4 Å². The largest absolute Gasteiger partial charge is 0.349 e. The van der Waals surface area contributed by atoms with E-state index in [9.17, 15) is 24.0 Å². The summed E-state index contributed by atoms with van der Waals surface area (Å²) in [5, 5.41) is 12.1. The molecule has 7 fully saturated rings. The van der Waals surface area contributed by atoms with E-state index in [0.29, 0.717) is 37.1 Å². The molecule has 10 nitrogen and oxygen atoms in total. The fourth-order valence-corrected chi connectivity index (χ4v) is 10.9. The zero-order valence-corrected chi connectivity index (χ0v) is 29.1. The lowest BCUT2D eigenvalue weighted by atomic mass is 9.53. The van der Waals surface area contributed by atoms with Gasteiger partial charge in [-0.05, 0) is 112 Å². The summed E-state index contributed by atoms with van der Waals surface area (Å²) in [4.78, 5) is 70.2. The highest BCUT2D eigenvalue weighted by Gasteiger charge is 2.70. The first-order chi connectivity index (χ1) is 23.0. The van der Waals surface area contributed by atoms with Crippen LogP contribution >= 0.6 is 0 Å². The number of hydrogen-bond donors (Lipinski definition) is 4. The standard InChI is InChI=1S/C38H57N5O5/c1-5-7-14-28(32(44)34(46)39-15-8-6-2)40-33(45)31-29-27(37(29,3)4)22-43(31)35(47)30(26-12-10-9-11-13-26)41-36(48)42-38-19-23-16-24(20-38)18-25(17-23)21-38/h5-6,23-31H,1-2,7-22H2,3-4H3,(H,39,46)(H,40,45)(H2,41,42,48)/t23?,24?,25?,27-,28-,29-,30-,31-,38?/m0/s1. The Morgan fingerprint density at radius 1 is 0.875 bits per heavy atom. The monoisotopic (exact) mass is 663 g/mol. The van der Waals surface area contributed by atoms with Crippen molar-refractivity contribution in [2.45, 2.75) is 127 Å². The SMILES string of the molecule is C=CCCNC(=O)C(=O)[C@H](CCC=C)NC(=O)[C@@H]1[C@@H]2[C@H](CN1C(=O)[C@@H](NC(=O)NC13CC4CC(CC(C4)C1)C3)C1CCCCC1)C2(C)C. The molecular formula is C38H57N5O5. The van der Waals surface area contributed by atoms with E-state index < -0.39 is 35.7 Å². The van der Waals surface area contributed by atoms with E-state index in [4.69, 9.17) is 0 Å². The van der Waals surface area contributed by atoms with Crippen LogP contribution in [0.2, 0.25) is 0 Å². The summed E-state index contributed by atoms with van der Waals surface area (Å²) in [6.45, 7) is 12.3. The summed E-state index contributed by atoms with van der Waals surface area (Å²) in [5.74, 6) is 0.0697. The Morgan fingerprint density at radius 2 is 1.50 bits per heavy atom. The maximum atomic E-state index is 14.6. The molecule has 4 N–H and O–H groups in total. The number of Topliss-reactive ketones (excluding diaryl/α,β-unsaturated/α-hetero) is 1. The van der Waals surface area contributed by atoms with Crippen LogP contribution < -0.4 is 21.3 Å². The summed E-state index contributed by atoms with van der Waals surface area (Å²) in [7, 11) is 0. The minimum atomic E-state index is -1.03. The first-order valence-corrected chi connectivity index (χ1v) is 18.7. The molecule has 0 aromatic heterocycles. The van der Waals surface area contributed by atoms with Crippen LogP contribution in [0, 0.1) is 40.9 Å². The first kappa shape index (κ1) is 34.7. The molecule has 0 aromatic rings. The minimum Gasteiger partial charge on any atom is -0.349 e. The summed E-state index contributed by atoms with van der Waals surface area (Å²) in [5.41, 5.74) is -0.309. The average Bonchev–Trinajstić information content (AvgIpc) is 3.35. The Labute approximate surface area is 286 Å². The fraction of sp³-hybridized carbons (Fsp3) is 0.763. The van der Waals surface area contributed by atoms with Crippen molar-refractivity contribution in [2.75, 3.05) is 13.1 Å². The number of ketones is 1. The minimum absolute atomic E-state index is 0.00295. The van der Waals surface area contributed by atoms with Crippen LogP contribution in [0.1, 0.15) is 104 Å². The van der Waals surface area contributed by atoms with E-state index in [2.05, 4.69) is 48.3 Å². The van der Waals surface area contributed by atoms with Crippen molar-refractivity contribution in [2.24, 2.45) is 40.9 Å². The smallest absolute Gasteiger partial charge is 0.315 e. The lowest BCUT2D eigenvalue weighted by Crippen LogP contribution is -2.64. The van der Waals surface area contributed by atoms with Gasteiger partial charge in [0.1, 0.15) is 12.1 Å². The number of carbonyl (C=O) groups is 5. The zero-order valence-electron chi connectivity index (χ0n) is 29.1. The number of allylic oxidation sites excluding steroid dienone is 1. The number of urea groups is 1. The third kappa shape index (κ3) is 6.95. The van der Waals surface area contributed by atoms with Gasteiger partial charge in [-0.15, -0.1) is 13.2 Å². The van der Waals surface area contributed by atoms with Crippen molar-refractivity contribution in [3.05, 3.63) is 25.3 Å². The van der Waals surface area contributed by atoms with Gasteiger partial charge in [-0.2, -0.15) is 0 Å². The number of rotatable bonds is 14. The number of likely N-dealkylation sites (tertiary alicyclic amines) is 1. The molecule has 4 bridgehead atoms. The van der Waals surface area contributed by atoms with Crippen LogP contribution in [-0.2, 0) is 19.2 Å². The van der Waals surface area contributed by atoms with E-state index in [1.165, 1.54) is 19.3 Å².